The lowest BCUT2D eigenvalue weighted by molar-refractivity contribution is 0.590. The van der Waals surface area contributed by atoms with Crippen molar-refractivity contribution in [2.75, 3.05) is 0 Å². The molecule has 0 saturated heterocycles. The second-order valence-electron chi connectivity index (χ2n) is 42.9. The lowest BCUT2D eigenvalue weighted by Crippen LogP contribution is -2.10. The second kappa shape index (κ2) is 35.7. The van der Waals surface area contributed by atoms with E-state index in [-0.39, 0.29) is 27.1 Å². The molecule has 7 heteroatoms. The van der Waals surface area contributed by atoms with E-state index < -0.39 is 0 Å². The lowest BCUT2D eigenvalue weighted by Gasteiger charge is -2.19. The predicted molar refractivity (Wildman–Crippen MR) is 604 cm³/mol. The van der Waals surface area contributed by atoms with Gasteiger partial charge in [0.15, 0.2) is 0 Å². The third kappa shape index (κ3) is 16.7. The molecular formula is C134H118N6O. The van der Waals surface area contributed by atoms with Crippen molar-refractivity contribution in [3.8, 4) is 45.3 Å². The average molecular weight is 1830 g/mol. The van der Waals surface area contributed by atoms with E-state index in [1.807, 2.05) is 12.1 Å². The molecule has 0 amide bonds. The van der Waals surface area contributed by atoms with Gasteiger partial charge < -0.3 is 31.8 Å². The molecule has 0 spiro atoms. The number of hydrogen-bond acceptors (Lipinski definition) is 1. The average Bonchev–Trinajstić information content (AvgIpc) is 1.57. The molecule has 0 N–H and O–H groups in total. The standard InChI is InChI=1S/C40H32N2.C34H28N2.2C22H21N.C16H16O/c1-40(2,3)29-20-23-39-35(26-29)34-25-28(19-22-38(34)42(39)31-14-8-5-9-15-31)27-18-21-37-33(24-27)32-16-10-11-17-36(32)41(37)30-12-6-4-7-13-30;1-34(2,3)23-17-19-32-28(21-23)26-13-7-10-16-31(26)36(32)25-18-20-33-29(22-25)27-14-8-9-15-30(27)35(33)24-11-5-4-6-12-24;1-22(2,3)16-12-14-17(15-13-16)23-20-10-6-4-8-18(20)19-9-5-7-11-21(19)23;1-22(2,3)16-13-14-21-19(15-16)18-11-7-8-12-20(18)23(21)17-9-5-4-6-10-17;1-16(2,3)11-8-9-15-13(10-11)12-6-4-5-7-14(12)17-15/h4-26H,1-3H3;4-22H,1-3H3;2*4-15H,1-3H3;4-10H,1-3H3. The molecule has 0 atom stereocenters. The summed E-state index contributed by atoms with van der Waals surface area (Å²) in [4.78, 5) is 0. The fourth-order valence-electron chi connectivity index (χ4n) is 21.0. The van der Waals surface area contributed by atoms with Crippen LogP contribution < -0.4 is 0 Å². The number of furan rings is 1. The summed E-state index contributed by atoms with van der Waals surface area (Å²) in [6, 6.07) is 160. The molecule has 141 heavy (non-hydrogen) atoms. The first kappa shape index (κ1) is 90.0. The minimum absolute atomic E-state index is 0.0744. The van der Waals surface area contributed by atoms with Crippen molar-refractivity contribution in [2.24, 2.45) is 0 Å². The van der Waals surface area contributed by atoms with Crippen molar-refractivity contribution >= 4 is 153 Å². The molecule has 0 radical (unpaired) electrons. The smallest absolute Gasteiger partial charge is 0.135 e. The number of fused-ring (bicyclic) bond motifs is 21. The Hall–Kier alpha value is -16.2. The van der Waals surface area contributed by atoms with Gasteiger partial charge in [-0.1, -0.05) is 353 Å². The molecule has 7 heterocycles. The van der Waals surface area contributed by atoms with E-state index in [0.29, 0.717) is 0 Å². The van der Waals surface area contributed by atoms with Crippen molar-refractivity contribution in [3.05, 3.63) is 471 Å². The molecule has 0 unspecified atom stereocenters. The molecule has 0 bridgehead atoms. The van der Waals surface area contributed by atoms with Crippen LogP contribution in [0.5, 0.6) is 0 Å². The summed E-state index contributed by atoms with van der Waals surface area (Å²) < 4.78 is 20.1. The fourth-order valence-corrected chi connectivity index (χ4v) is 21.0. The molecule has 0 saturated carbocycles. The van der Waals surface area contributed by atoms with Crippen molar-refractivity contribution in [1.82, 2.24) is 27.4 Å². The first-order valence-electron chi connectivity index (χ1n) is 49.6. The molecule has 0 aliphatic carbocycles. The van der Waals surface area contributed by atoms with Crippen molar-refractivity contribution in [3.63, 3.8) is 0 Å². The van der Waals surface area contributed by atoms with Gasteiger partial charge in [-0.3, -0.25) is 0 Å². The van der Waals surface area contributed by atoms with Gasteiger partial charge in [0.05, 0.1) is 66.2 Å². The van der Waals surface area contributed by atoms with Gasteiger partial charge in [0.1, 0.15) is 11.2 Å². The van der Waals surface area contributed by atoms with E-state index in [1.54, 1.807) is 0 Å². The molecule has 0 aliphatic rings. The quantitative estimate of drug-likeness (QED) is 0.157. The minimum Gasteiger partial charge on any atom is -0.456 e. The maximum absolute atomic E-state index is 5.82. The number of rotatable bonds is 7. The summed E-state index contributed by atoms with van der Waals surface area (Å²) in [6.45, 7) is 34.0. The molecule has 7 nitrogen and oxygen atoms in total. The van der Waals surface area contributed by atoms with Crippen LogP contribution in [0.2, 0.25) is 0 Å². The van der Waals surface area contributed by atoms with Gasteiger partial charge in [0, 0.05) is 110 Å². The number of aromatic nitrogens is 6. The number of para-hydroxylation sites is 11. The van der Waals surface area contributed by atoms with Gasteiger partial charge in [0.2, 0.25) is 0 Å². The van der Waals surface area contributed by atoms with Gasteiger partial charge in [-0.15, -0.1) is 0 Å². The Balaban J connectivity index is 0.000000105. The van der Waals surface area contributed by atoms with Crippen LogP contribution in [-0.4, -0.2) is 27.4 Å². The number of hydrogen-bond donors (Lipinski definition) is 0. The molecule has 7 aromatic heterocycles. The summed E-state index contributed by atoms with van der Waals surface area (Å²) in [6.07, 6.45) is 0. The summed E-state index contributed by atoms with van der Waals surface area (Å²) in [5.74, 6) is 0. The van der Waals surface area contributed by atoms with E-state index in [2.05, 4.69) is 562 Å². The molecular weight excluding hydrogens is 1710 g/mol. The fraction of sp³-hybridized carbons (Fsp3) is 0.149. The highest BCUT2D eigenvalue weighted by Crippen LogP contribution is 2.45. The van der Waals surface area contributed by atoms with Crippen LogP contribution in [0.15, 0.2) is 447 Å². The maximum atomic E-state index is 5.82. The van der Waals surface area contributed by atoms with Gasteiger partial charge in [0.25, 0.3) is 0 Å². The molecule has 26 aromatic rings. The van der Waals surface area contributed by atoms with Crippen molar-refractivity contribution < 1.29 is 4.42 Å². The Morgan fingerprint density at radius 2 is 0.333 bits per heavy atom. The normalized spacial score (nSPS) is 12.2. The van der Waals surface area contributed by atoms with E-state index in [1.165, 1.54) is 215 Å². The molecule has 0 fully saturated rings. The summed E-state index contributed by atoms with van der Waals surface area (Å²) >= 11 is 0. The molecule has 19 aromatic carbocycles. The van der Waals surface area contributed by atoms with Gasteiger partial charge >= 0.3 is 0 Å². The zero-order valence-electron chi connectivity index (χ0n) is 83.2. The van der Waals surface area contributed by atoms with Crippen LogP contribution in [0.1, 0.15) is 132 Å². The first-order valence-corrected chi connectivity index (χ1v) is 49.6. The van der Waals surface area contributed by atoms with E-state index in [9.17, 15) is 0 Å². The highest BCUT2D eigenvalue weighted by Gasteiger charge is 2.26. The van der Waals surface area contributed by atoms with Crippen LogP contribution in [0, 0.1) is 0 Å². The van der Waals surface area contributed by atoms with E-state index >= 15 is 0 Å². The molecule has 26 rings (SSSR count). The van der Waals surface area contributed by atoms with Crippen LogP contribution >= 0.6 is 0 Å². The first-order chi connectivity index (χ1) is 68.1. The van der Waals surface area contributed by atoms with Crippen LogP contribution in [-0.2, 0) is 27.1 Å². The Morgan fingerprint density at radius 3 is 0.660 bits per heavy atom. The summed E-state index contributed by atoms with van der Waals surface area (Å²) in [7, 11) is 0. The van der Waals surface area contributed by atoms with Crippen LogP contribution in [0.25, 0.3) is 198 Å². The molecule has 0 aliphatic heterocycles. The molecule has 690 valence electrons. The van der Waals surface area contributed by atoms with Crippen LogP contribution in [0.3, 0.4) is 0 Å². The topological polar surface area (TPSA) is 42.7 Å². The predicted octanol–water partition coefficient (Wildman–Crippen LogP) is 37.1. The largest absolute Gasteiger partial charge is 0.456 e. The second-order valence-corrected chi connectivity index (χ2v) is 42.9. The van der Waals surface area contributed by atoms with Crippen molar-refractivity contribution in [1.29, 1.82) is 0 Å². The van der Waals surface area contributed by atoms with E-state index in [0.717, 1.165) is 11.2 Å². The third-order valence-electron chi connectivity index (χ3n) is 28.5. The highest BCUT2D eigenvalue weighted by atomic mass is 16.3. The third-order valence-corrected chi connectivity index (χ3v) is 28.5. The zero-order valence-corrected chi connectivity index (χ0v) is 83.2. The van der Waals surface area contributed by atoms with Crippen LogP contribution in [0.4, 0.5) is 0 Å². The van der Waals surface area contributed by atoms with Gasteiger partial charge in [-0.05, 0) is 260 Å². The summed E-state index contributed by atoms with van der Waals surface area (Å²) in [5.41, 5.74) is 34.0. The Bertz CT molecular complexity index is 9160. The number of benzene rings is 19. The Morgan fingerprint density at radius 1 is 0.135 bits per heavy atom. The minimum atomic E-state index is 0.0744. The summed E-state index contributed by atoms with van der Waals surface area (Å²) in [5, 5.41) is 18.0. The lowest BCUT2D eigenvalue weighted by atomic mass is 9.86. The zero-order chi connectivity index (χ0) is 97.0. The van der Waals surface area contributed by atoms with Gasteiger partial charge in [-0.25, -0.2) is 0 Å². The van der Waals surface area contributed by atoms with Gasteiger partial charge in [-0.2, -0.15) is 0 Å². The Labute approximate surface area is 825 Å². The van der Waals surface area contributed by atoms with E-state index in [4.69, 9.17) is 4.42 Å². The number of nitrogens with zero attached hydrogens (tertiary/aromatic N) is 6. The highest BCUT2D eigenvalue weighted by molar-refractivity contribution is 6.17. The Kier molecular flexibility index (Phi) is 22.7. The monoisotopic (exact) mass is 1830 g/mol. The van der Waals surface area contributed by atoms with Crippen molar-refractivity contribution in [2.45, 2.75) is 131 Å². The maximum Gasteiger partial charge on any atom is 0.135 e. The SMILES string of the molecule is CC(C)(C)c1ccc(-n2c3ccccc3c3ccccc32)cc1.CC(C)(C)c1ccc2c(c1)c1cc(-c3ccc4c(c3)c3ccccc3n4-c3ccccc3)ccc1n2-c1ccccc1.CC(C)(C)c1ccc2c(c1)c1ccccc1n2-c1ccc2c(c1)c1ccccc1n2-c1ccccc1.CC(C)(C)c1ccc2c(c1)c1ccccc1n2-c1ccccc1.CC(C)(C)c1ccc2oc3ccccc3c2c1.